The van der Waals surface area contributed by atoms with E-state index in [1.54, 1.807) is 0 Å². The van der Waals surface area contributed by atoms with E-state index in [0.29, 0.717) is 15.7 Å². The van der Waals surface area contributed by atoms with E-state index in [1.807, 2.05) is 29.7 Å². The van der Waals surface area contributed by atoms with Crippen molar-refractivity contribution in [2.45, 2.75) is 26.7 Å². The Labute approximate surface area is 110 Å². The maximum Gasteiger partial charge on any atom is 0.199 e. The third-order valence-electron chi connectivity index (χ3n) is 2.63. The molecule has 0 atom stereocenters. The quantitative estimate of drug-likeness (QED) is 0.834. The van der Waals surface area contributed by atoms with Gasteiger partial charge in [-0.05, 0) is 36.8 Å². The van der Waals surface area contributed by atoms with Crippen molar-refractivity contribution in [1.29, 1.82) is 0 Å². The number of nitrogens with zero attached hydrogens (tertiary/aromatic N) is 2. The molecule has 0 radical (unpaired) electrons. The normalized spacial score (nSPS) is 11.1. The molecule has 0 spiro atoms. The molecule has 1 aromatic heterocycles. The van der Waals surface area contributed by atoms with Gasteiger partial charge in [0, 0.05) is 10.9 Å². The van der Waals surface area contributed by atoms with Gasteiger partial charge in [0.05, 0.1) is 5.69 Å². The Kier molecular flexibility index (Phi) is 3.35. The second-order valence-corrected chi connectivity index (χ2v) is 5.13. The highest BCUT2D eigenvalue weighted by molar-refractivity contribution is 7.71. The predicted molar refractivity (Wildman–Crippen MR) is 72.6 cm³/mol. The zero-order valence-electron chi connectivity index (χ0n) is 9.99. The Balaban J connectivity index is 2.72. The number of nitrogens with one attached hydrogen (secondary N) is 1. The fraction of sp³-hybridized carbons (Fsp3) is 0.333. The van der Waals surface area contributed by atoms with Crippen molar-refractivity contribution in [2.24, 2.45) is 0 Å². The summed E-state index contributed by atoms with van der Waals surface area (Å²) in [5.74, 6) is 1.21. The molecule has 1 aromatic carbocycles. The molecule has 5 heteroatoms. The molecule has 2 aromatic rings. The average Bonchev–Trinajstić information content (AvgIpc) is 2.64. The van der Waals surface area contributed by atoms with E-state index in [1.165, 1.54) is 0 Å². The summed E-state index contributed by atoms with van der Waals surface area (Å²) in [7, 11) is 0. The van der Waals surface area contributed by atoms with Crippen LogP contribution in [0.25, 0.3) is 5.69 Å². The van der Waals surface area contributed by atoms with Gasteiger partial charge >= 0.3 is 0 Å². The van der Waals surface area contributed by atoms with Crippen molar-refractivity contribution < 1.29 is 0 Å². The number of aromatic nitrogens is 3. The summed E-state index contributed by atoms with van der Waals surface area (Å²) in [4.78, 5) is 0. The second-order valence-electron chi connectivity index (χ2n) is 4.31. The highest BCUT2D eigenvalue weighted by Gasteiger charge is 2.13. The lowest BCUT2D eigenvalue weighted by molar-refractivity contribution is 0.743. The Morgan fingerprint density at radius 1 is 1.41 bits per heavy atom. The highest BCUT2D eigenvalue weighted by Crippen LogP contribution is 2.23. The molecule has 0 bridgehead atoms. The van der Waals surface area contributed by atoms with Crippen molar-refractivity contribution in [2.75, 3.05) is 0 Å². The van der Waals surface area contributed by atoms with Crippen molar-refractivity contribution in [3.8, 4) is 5.69 Å². The van der Waals surface area contributed by atoms with Gasteiger partial charge in [-0.3, -0.25) is 9.67 Å². The van der Waals surface area contributed by atoms with Gasteiger partial charge in [0.15, 0.2) is 4.77 Å². The molecular formula is C12H14ClN3S. The number of benzene rings is 1. The summed E-state index contributed by atoms with van der Waals surface area (Å²) in [6.45, 7) is 6.20. The molecule has 0 amide bonds. The van der Waals surface area contributed by atoms with Gasteiger partial charge in [-0.15, -0.1) is 0 Å². The first-order chi connectivity index (χ1) is 8.00. The molecule has 0 aliphatic carbocycles. The Morgan fingerprint density at radius 2 is 2.12 bits per heavy atom. The largest absolute Gasteiger partial charge is 0.272 e. The lowest BCUT2D eigenvalue weighted by Crippen LogP contribution is -2.04. The third kappa shape index (κ3) is 2.28. The first kappa shape index (κ1) is 12.3. The van der Waals surface area contributed by atoms with Crippen LogP contribution in [-0.2, 0) is 0 Å². The lowest BCUT2D eigenvalue weighted by Gasteiger charge is -2.12. The number of aryl methyl sites for hydroxylation is 1. The zero-order chi connectivity index (χ0) is 12.6. The molecule has 0 saturated carbocycles. The fourth-order valence-corrected chi connectivity index (χ4v) is 2.16. The minimum absolute atomic E-state index is 0.293. The van der Waals surface area contributed by atoms with Gasteiger partial charge in [-0.1, -0.05) is 31.5 Å². The van der Waals surface area contributed by atoms with Gasteiger partial charge in [0.25, 0.3) is 0 Å². The Bertz CT molecular complexity index is 598. The van der Waals surface area contributed by atoms with E-state index in [-0.39, 0.29) is 0 Å². The topological polar surface area (TPSA) is 33.6 Å². The summed E-state index contributed by atoms with van der Waals surface area (Å²) >= 11 is 11.3. The van der Waals surface area contributed by atoms with E-state index >= 15 is 0 Å². The first-order valence-electron chi connectivity index (χ1n) is 5.44. The molecule has 1 heterocycles. The molecule has 2 rings (SSSR count). The monoisotopic (exact) mass is 267 g/mol. The molecule has 3 nitrogen and oxygen atoms in total. The van der Waals surface area contributed by atoms with Gasteiger partial charge in [-0.2, -0.15) is 5.10 Å². The number of hydrogen-bond donors (Lipinski definition) is 1. The maximum absolute atomic E-state index is 6.04. The average molecular weight is 268 g/mol. The Morgan fingerprint density at radius 3 is 2.76 bits per heavy atom. The van der Waals surface area contributed by atoms with E-state index < -0.39 is 0 Å². The number of H-pyrrole nitrogens is 1. The molecule has 0 saturated heterocycles. The van der Waals surface area contributed by atoms with E-state index in [9.17, 15) is 0 Å². The van der Waals surface area contributed by atoms with Crippen molar-refractivity contribution in [3.63, 3.8) is 0 Å². The van der Waals surface area contributed by atoms with E-state index in [4.69, 9.17) is 23.8 Å². The SMILES string of the molecule is Cc1ccc(Cl)cc1-n1c(C(C)C)n[nH]c1=S. The molecule has 90 valence electrons. The number of rotatable bonds is 2. The summed E-state index contributed by atoms with van der Waals surface area (Å²) in [5, 5.41) is 7.80. The minimum atomic E-state index is 0.293. The maximum atomic E-state index is 6.04. The highest BCUT2D eigenvalue weighted by atomic mass is 35.5. The molecule has 0 unspecified atom stereocenters. The lowest BCUT2D eigenvalue weighted by atomic mass is 10.1. The summed E-state index contributed by atoms with van der Waals surface area (Å²) in [6, 6.07) is 5.77. The molecule has 0 aliphatic rings. The van der Waals surface area contributed by atoms with E-state index in [2.05, 4.69) is 24.0 Å². The van der Waals surface area contributed by atoms with Crippen LogP contribution in [0.5, 0.6) is 0 Å². The van der Waals surface area contributed by atoms with Crippen LogP contribution in [0.4, 0.5) is 0 Å². The zero-order valence-corrected chi connectivity index (χ0v) is 11.6. The second kappa shape index (κ2) is 4.63. The standard InChI is InChI=1S/C12H14ClN3S/c1-7(2)11-14-15-12(17)16(11)10-6-9(13)5-4-8(10)3/h4-7H,1-3H3,(H,15,17). The molecule has 17 heavy (non-hydrogen) atoms. The minimum Gasteiger partial charge on any atom is -0.272 e. The van der Waals surface area contributed by atoms with Crippen LogP contribution in [0, 0.1) is 11.7 Å². The van der Waals surface area contributed by atoms with Crippen molar-refractivity contribution >= 4 is 23.8 Å². The van der Waals surface area contributed by atoms with Crippen LogP contribution in [0.15, 0.2) is 18.2 Å². The predicted octanol–water partition coefficient (Wildman–Crippen LogP) is 4.02. The van der Waals surface area contributed by atoms with E-state index in [0.717, 1.165) is 17.1 Å². The van der Waals surface area contributed by atoms with Gasteiger partial charge in [-0.25, -0.2) is 0 Å². The summed E-state index contributed by atoms with van der Waals surface area (Å²) < 4.78 is 2.54. The smallest absolute Gasteiger partial charge is 0.199 e. The van der Waals surface area contributed by atoms with Crippen LogP contribution in [0.1, 0.15) is 31.2 Å². The van der Waals surface area contributed by atoms with Crippen LogP contribution >= 0.6 is 23.8 Å². The first-order valence-corrected chi connectivity index (χ1v) is 6.23. The third-order valence-corrected chi connectivity index (χ3v) is 3.14. The summed E-state index contributed by atoms with van der Waals surface area (Å²) in [6.07, 6.45) is 0. The van der Waals surface area contributed by atoms with Gasteiger partial charge in [0.1, 0.15) is 5.82 Å². The van der Waals surface area contributed by atoms with Crippen LogP contribution < -0.4 is 0 Å². The fourth-order valence-electron chi connectivity index (χ4n) is 1.75. The number of aromatic amines is 1. The van der Waals surface area contributed by atoms with Gasteiger partial charge in [0.2, 0.25) is 0 Å². The van der Waals surface area contributed by atoms with Gasteiger partial charge < -0.3 is 0 Å². The van der Waals surface area contributed by atoms with Crippen molar-refractivity contribution in [3.05, 3.63) is 39.4 Å². The molecule has 0 fully saturated rings. The van der Waals surface area contributed by atoms with Crippen LogP contribution in [0.2, 0.25) is 5.02 Å². The number of hydrogen-bond acceptors (Lipinski definition) is 2. The van der Waals surface area contributed by atoms with Crippen LogP contribution in [-0.4, -0.2) is 14.8 Å². The van der Waals surface area contributed by atoms with Crippen LogP contribution in [0.3, 0.4) is 0 Å². The van der Waals surface area contributed by atoms with Crippen molar-refractivity contribution in [1.82, 2.24) is 14.8 Å². The number of halogens is 1. The Hall–Kier alpha value is -1.13. The molecular weight excluding hydrogens is 254 g/mol. The molecule has 0 aliphatic heterocycles. The summed E-state index contributed by atoms with van der Waals surface area (Å²) in [5.41, 5.74) is 2.11. The molecule has 1 N–H and O–H groups in total.